The van der Waals surface area contributed by atoms with E-state index in [1.54, 1.807) is 18.3 Å². The van der Waals surface area contributed by atoms with Crippen molar-refractivity contribution in [3.8, 4) is 0 Å². The van der Waals surface area contributed by atoms with Crippen molar-refractivity contribution in [3.05, 3.63) is 71.9 Å². The van der Waals surface area contributed by atoms with Crippen molar-refractivity contribution in [1.82, 2.24) is 20.7 Å². The predicted molar refractivity (Wildman–Crippen MR) is 101 cm³/mol. The van der Waals surface area contributed by atoms with Gasteiger partial charge in [0.2, 0.25) is 15.9 Å². The van der Waals surface area contributed by atoms with E-state index in [0.29, 0.717) is 5.03 Å². The van der Waals surface area contributed by atoms with Gasteiger partial charge in [-0.1, -0.05) is 54.2 Å². The lowest BCUT2D eigenvalue weighted by atomic mass is 10.1. The van der Waals surface area contributed by atoms with Crippen LogP contribution in [-0.4, -0.2) is 29.7 Å². The second-order valence-electron chi connectivity index (χ2n) is 5.62. The average molecular weight is 403 g/mol. The van der Waals surface area contributed by atoms with Gasteiger partial charge in [0.25, 0.3) is 0 Å². The van der Waals surface area contributed by atoms with Crippen LogP contribution in [0.4, 0.5) is 0 Å². The highest BCUT2D eigenvalue weighted by molar-refractivity contribution is 8.00. The summed E-state index contributed by atoms with van der Waals surface area (Å²) in [6.45, 7) is 0.256. The SMILES string of the molecule is NS(=O)(=O)c1ccc(CNC(=O)[C@@H](Sc2cn[nH]n2)c2ccccc2)cc1. The van der Waals surface area contributed by atoms with Crippen LogP contribution in [0.15, 0.2) is 70.7 Å². The molecule has 8 nitrogen and oxygen atoms in total. The minimum absolute atomic E-state index is 0.0290. The minimum atomic E-state index is -3.74. The Morgan fingerprint density at radius 3 is 2.44 bits per heavy atom. The van der Waals surface area contributed by atoms with Gasteiger partial charge < -0.3 is 5.32 Å². The number of aromatic amines is 1. The summed E-state index contributed by atoms with van der Waals surface area (Å²) in [5.41, 5.74) is 1.60. The molecule has 0 radical (unpaired) electrons. The summed E-state index contributed by atoms with van der Waals surface area (Å²) in [7, 11) is -3.74. The molecule has 0 unspecified atom stereocenters. The molecule has 4 N–H and O–H groups in total. The highest BCUT2D eigenvalue weighted by Gasteiger charge is 2.23. The number of carbonyl (C=O) groups excluding carboxylic acids is 1. The van der Waals surface area contributed by atoms with Crippen molar-refractivity contribution in [1.29, 1.82) is 0 Å². The summed E-state index contributed by atoms with van der Waals surface area (Å²) >= 11 is 1.28. The van der Waals surface area contributed by atoms with Crippen LogP contribution in [0.5, 0.6) is 0 Å². The van der Waals surface area contributed by atoms with E-state index in [2.05, 4.69) is 20.7 Å². The van der Waals surface area contributed by atoms with E-state index in [4.69, 9.17) is 5.14 Å². The van der Waals surface area contributed by atoms with Crippen molar-refractivity contribution in [2.75, 3.05) is 0 Å². The number of carbonyl (C=O) groups is 1. The van der Waals surface area contributed by atoms with Crippen LogP contribution in [0, 0.1) is 0 Å². The van der Waals surface area contributed by atoms with Gasteiger partial charge in [0.05, 0.1) is 11.1 Å². The molecule has 1 heterocycles. The number of amides is 1. The van der Waals surface area contributed by atoms with Gasteiger partial charge in [-0.3, -0.25) is 4.79 Å². The van der Waals surface area contributed by atoms with Crippen LogP contribution in [0.3, 0.4) is 0 Å². The van der Waals surface area contributed by atoms with E-state index in [-0.39, 0.29) is 17.3 Å². The molecule has 3 rings (SSSR count). The molecule has 0 spiro atoms. The number of nitrogens with two attached hydrogens (primary N) is 1. The van der Waals surface area contributed by atoms with Gasteiger partial charge in [-0.05, 0) is 23.3 Å². The monoisotopic (exact) mass is 403 g/mol. The lowest BCUT2D eigenvalue weighted by Crippen LogP contribution is -2.27. The van der Waals surface area contributed by atoms with Gasteiger partial charge in [0.15, 0.2) is 0 Å². The fourth-order valence-electron chi connectivity index (χ4n) is 2.35. The maximum atomic E-state index is 12.8. The first-order chi connectivity index (χ1) is 12.9. The predicted octanol–water partition coefficient (Wildman–Crippen LogP) is 1.60. The number of nitrogens with zero attached hydrogens (tertiary/aromatic N) is 2. The zero-order chi connectivity index (χ0) is 19.3. The Labute approximate surface area is 160 Å². The number of hydrogen-bond donors (Lipinski definition) is 3. The molecule has 1 aromatic heterocycles. The van der Waals surface area contributed by atoms with Gasteiger partial charge in [-0.2, -0.15) is 10.3 Å². The Bertz CT molecular complexity index is 991. The fraction of sp³-hybridized carbons (Fsp3) is 0.118. The largest absolute Gasteiger partial charge is 0.351 e. The number of H-pyrrole nitrogens is 1. The van der Waals surface area contributed by atoms with Crippen LogP contribution < -0.4 is 10.5 Å². The zero-order valence-corrected chi connectivity index (χ0v) is 15.7. The molecule has 0 fully saturated rings. The standard InChI is InChI=1S/C17H17N5O3S2/c18-27(24,25)14-8-6-12(7-9-14)10-19-17(23)16(13-4-2-1-3-5-13)26-15-11-20-22-21-15/h1-9,11,16H,10H2,(H,19,23)(H2,18,24,25)(H,20,21,22)/t16-/m0/s1. The lowest BCUT2D eigenvalue weighted by molar-refractivity contribution is -0.120. The summed E-state index contributed by atoms with van der Waals surface area (Å²) in [4.78, 5) is 12.8. The quantitative estimate of drug-likeness (QED) is 0.514. The Kier molecular flexibility index (Phi) is 5.89. The Balaban J connectivity index is 1.71. The molecule has 0 saturated heterocycles. The molecule has 27 heavy (non-hydrogen) atoms. The second-order valence-corrected chi connectivity index (χ2v) is 8.31. The molecule has 2 aromatic carbocycles. The Morgan fingerprint density at radius 1 is 1.15 bits per heavy atom. The molecule has 1 amide bonds. The summed E-state index contributed by atoms with van der Waals surface area (Å²) in [5.74, 6) is -0.190. The van der Waals surface area contributed by atoms with Gasteiger partial charge in [0.1, 0.15) is 10.3 Å². The summed E-state index contributed by atoms with van der Waals surface area (Å²) in [6, 6.07) is 15.4. The summed E-state index contributed by atoms with van der Waals surface area (Å²) in [5, 5.41) is 18.3. The van der Waals surface area contributed by atoms with E-state index in [1.807, 2.05) is 30.3 Å². The van der Waals surface area contributed by atoms with Gasteiger partial charge >= 0.3 is 0 Å². The second kappa shape index (κ2) is 8.33. The molecule has 0 bridgehead atoms. The van der Waals surface area contributed by atoms with Crippen LogP contribution in [0.2, 0.25) is 0 Å². The van der Waals surface area contributed by atoms with Gasteiger partial charge in [-0.15, -0.1) is 5.10 Å². The van der Waals surface area contributed by atoms with Crippen LogP contribution in [0.25, 0.3) is 0 Å². The third-order valence-corrected chi connectivity index (χ3v) is 5.78. The first-order valence-corrected chi connectivity index (χ1v) is 10.3. The summed E-state index contributed by atoms with van der Waals surface area (Å²) < 4.78 is 22.6. The van der Waals surface area contributed by atoms with Crippen LogP contribution in [0.1, 0.15) is 16.4 Å². The van der Waals surface area contributed by atoms with E-state index in [0.717, 1.165) is 11.1 Å². The molecule has 0 aliphatic rings. The molecule has 0 saturated carbocycles. The normalized spacial score (nSPS) is 12.5. The smallest absolute Gasteiger partial charge is 0.238 e. The van der Waals surface area contributed by atoms with Crippen molar-refractivity contribution < 1.29 is 13.2 Å². The minimum Gasteiger partial charge on any atom is -0.351 e. The first kappa shape index (κ1) is 19.1. The van der Waals surface area contributed by atoms with Crippen molar-refractivity contribution in [3.63, 3.8) is 0 Å². The third kappa shape index (κ3) is 5.16. The molecule has 10 heteroatoms. The zero-order valence-electron chi connectivity index (χ0n) is 14.1. The van der Waals surface area contributed by atoms with E-state index in [9.17, 15) is 13.2 Å². The Morgan fingerprint density at radius 2 is 1.85 bits per heavy atom. The van der Waals surface area contributed by atoms with E-state index < -0.39 is 15.3 Å². The summed E-state index contributed by atoms with van der Waals surface area (Å²) in [6.07, 6.45) is 1.56. The van der Waals surface area contributed by atoms with Crippen LogP contribution >= 0.6 is 11.8 Å². The topological polar surface area (TPSA) is 131 Å². The Hall–Kier alpha value is -2.69. The highest BCUT2D eigenvalue weighted by Crippen LogP contribution is 2.33. The number of rotatable bonds is 7. The molecular formula is C17H17N5O3S2. The average Bonchev–Trinajstić information content (AvgIpc) is 3.18. The van der Waals surface area contributed by atoms with Gasteiger partial charge in [0, 0.05) is 6.54 Å². The number of sulfonamides is 1. The number of aromatic nitrogens is 3. The highest BCUT2D eigenvalue weighted by atomic mass is 32.2. The van der Waals surface area contributed by atoms with Gasteiger partial charge in [-0.25, -0.2) is 13.6 Å². The number of benzene rings is 2. The number of hydrogen-bond acceptors (Lipinski definition) is 6. The number of thioether (sulfide) groups is 1. The fourth-order valence-corrected chi connectivity index (χ4v) is 3.80. The lowest BCUT2D eigenvalue weighted by Gasteiger charge is -2.16. The van der Waals surface area contributed by atoms with Crippen molar-refractivity contribution in [2.24, 2.45) is 5.14 Å². The molecular weight excluding hydrogens is 386 g/mol. The number of primary sulfonamides is 1. The van der Waals surface area contributed by atoms with E-state index >= 15 is 0 Å². The number of nitrogens with one attached hydrogen (secondary N) is 2. The van der Waals surface area contributed by atoms with Crippen molar-refractivity contribution in [2.45, 2.75) is 21.7 Å². The third-order valence-electron chi connectivity index (χ3n) is 3.69. The maximum absolute atomic E-state index is 12.8. The molecule has 0 aliphatic heterocycles. The van der Waals surface area contributed by atoms with E-state index in [1.165, 1.54) is 23.9 Å². The maximum Gasteiger partial charge on any atom is 0.238 e. The van der Waals surface area contributed by atoms with Crippen LogP contribution in [-0.2, 0) is 21.4 Å². The first-order valence-electron chi connectivity index (χ1n) is 7.90. The molecule has 0 aliphatic carbocycles. The molecule has 1 atom stereocenters. The van der Waals surface area contributed by atoms with Crippen molar-refractivity contribution >= 4 is 27.7 Å². The molecule has 3 aromatic rings. The molecule has 140 valence electrons.